The molecule has 0 heterocycles. The molecule has 0 aliphatic heterocycles. The highest BCUT2D eigenvalue weighted by atomic mass is 35.5. The summed E-state index contributed by atoms with van der Waals surface area (Å²) in [4.78, 5) is 10.2. The molecule has 2 rings (SSSR count). The van der Waals surface area contributed by atoms with Gasteiger partial charge in [0.05, 0.1) is 17.7 Å². The van der Waals surface area contributed by atoms with Crippen molar-refractivity contribution >= 4 is 23.0 Å². The van der Waals surface area contributed by atoms with E-state index in [1.54, 1.807) is 0 Å². The zero-order valence-electron chi connectivity index (χ0n) is 11.1. The molecule has 0 aliphatic carbocycles. The Morgan fingerprint density at radius 2 is 2.10 bits per heavy atom. The fraction of sp³-hybridized carbons (Fsp3) is 0.143. The molecule has 0 saturated heterocycles. The maximum atomic E-state index is 13.7. The zero-order valence-corrected chi connectivity index (χ0v) is 11.9. The van der Waals surface area contributed by atoms with Gasteiger partial charge in [0.1, 0.15) is 11.6 Å². The van der Waals surface area contributed by atoms with E-state index in [0.29, 0.717) is 16.3 Å². The standard InChI is InChI=1S/C14H12ClFN2O3/c1-21-11-3-5-13(16)14(7-11)17-8-9-6-10(18(19)20)2-4-12(9)15/h2-7,17H,8H2,1H3. The van der Waals surface area contributed by atoms with Crippen LogP contribution >= 0.6 is 11.6 Å². The van der Waals surface area contributed by atoms with Crippen LogP contribution in [0.4, 0.5) is 15.8 Å². The molecule has 0 fully saturated rings. The average molecular weight is 311 g/mol. The fourth-order valence-corrected chi connectivity index (χ4v) is 1.95. The van der Waals surface area contributed by atoms with Crippen molar-refractivity contribution in [3.8, 4) is 5.75 Å². The van der Waals surface area contributed by atoms with E-state index in [1.807, 2.05) is 0 Å². The zero-order chi connectivity index (χ0) is 15.4. The molecule has 0 saturated carbocycles. The Kier molecular flexibility index (Phi) is 4.59. The second kappa shape index (κ2) is 6.41. The van der Waals surface area contributed by atoms with Crippen molar-refractivity contribution in [1.29, 1.82) is 0 Å². The lowest BCUT2D eigenvalue weighted by molar-refractivity contribution is -0.384. The maximum absolute atomic E-state index is 13.7. The van der Waals surface area contributed by atoms with E-state index in [2.05, 4.69) is 5.32 Å². The lowest BCUT2D eigenvalue weighted by atomic mass is 10.2. The van der Waals surface area contributed by atoms with Gasteiger partial charge in [-0.2, -0.15) is 0 Å². The third-order valence-corrected chi connectivity index (χ3v) is 3.25. The predicted octanol–water partition coefficient (Wildman–Crippen LogP) is 4.01. The quantitative estimate of drug-likeness (QED) is 0.669. The number of nitrogens with zero attached hydrogens (tertiary/aromatic N) is 1. The number of rotatable bonds is 5. The summed E-state index contributed by atoms with van der Waals surface area (Å²) in [5.74, 6) is 0.0568. The highest BCUT2D eigenvalue weighted by Crippen LogP contribution is 2.25. The second-order valence-electron chi connectivity index (χ2n) is 4.23. The van der Waals surface area contributed by atoms with Crippen molar-refractivity contribution in [1.82, 2.24) is 0 Å². The van der Waals surface area contributed by atoms with E-state index in [1.165, 1.54) is 43.5 Å². The van der Waals surface area contributed by atoms with Crippen LogP contribution in [0.3, 0.4) is 0 Å². The molecule has 0 bridgehead atoms. The van der Waals surface area contributed by atoms with E-state index in [0.717, 1.165) is 0 Å². The highest BCUT2D eigenvalue weighted by Gasteiger charge is 2.10. The minimum Gasteiger partial charge on any atom is -0.497 e. The Morgan fingerprint density at radius 1 is 1.33 bits per heavy atom. The van der Waals surface area contributed by atoms with E-state index >= 15 is 0 Å². The molecule has 5 nitrogen and oxygen atoms in total. The van der Waals surface area contributed by atoms with Gasteiger partial charge in [0.25, 0.3) is 5.69 Å². The van der Waals surface area contributed by atoms with Gasteiger partial charge >= 0.3 is 0 Å². The van der Waals surface area contributed by atoms with E-state index < -0.39 is 10.7 Å². The largest absolute Gasteiger partial charge is 0.497 e. The van der Waals surface area contributed by atoms with Gasteiger partial charge in [0, 0.05) is 29.8 Å². The lowest BCUT2D eigenvalue weighted by Gasteiger charge is -2.10. The van der Waals surface area contributed by atoms with Gasteiger partial charge in [-0.05, 0) is 23.8 Å². The Hall–Kier alpha value is -2.34. The first-order valence-electron chi connectivity index (χ1n) is 6.01. The monoisotopic (exact) mass is 310 g/mol. The molecule has 0 radical (unpaired) electrons. The summed E-state index contributed by atoms with van der Waals surface area (Å²) in [5, 5.41) is 14.0. The molecule has 0 amide bonds. The van der Waals surface area contributed by atoms with E-state index in [-0.39, 0.29) is 17.9 Å². The van der Waals surface area contributed by atoms with Gasteiger partial charge in [-0.1, -0.05) is 11.6 Å². The number of nitro benzene ring substituents is 1. The molecule has 0 aliphatic rings. The number of hydrogen-bond donors (Lipinski definition) is 1. The van der Waals surface area contributed by atoms with Crippen LogP contribution in [0.5, 0.6) is 5.75 Å². The van der Waals surface area contributed by atoms with Crippen LogP contribution in [0.25, 0.3) is 0 Å². The molecule has 2 aromatic carbocycles. The first-order chi connectivity index (χ1) is 10.0. The first kappa shape index (κ1) is 15.1. The molecular weight excluding hydrogens is 299 g/mol. The fourth-order valence-electron chi connectivity index (χ4n) is 1.77. The number of benzene rings is 2. The maximum Gasteiger partial charge on any atom is 0.269 e. The van der Waals surface area contributed by atoms with Gasteiger partial charge in [-0.15, -0.1) is 0 Å². The molecule has 0 atom stereocenters. The van der Waals surface area contributed by atoms with Crippen LogP contribution in [0.2, 0.25) is 5.02 Å². The van der Waals surface area contributed by atoms with Crippen molar-refractivity contribution in [2.45, 2.75) is 6.54 Å². The Bertz CT molecular complexity index is 679. The van der Waals surface area contributed by atoms with Crippen molar-refractivity contribution in [2.24, 2.45) is 0 Å². The van der Waals surface area contributed by atoms with Crippen LogP contribution < -0.4 is 10.1 Å². The molecule has 2 aromatic rings. The Morgan fingerprint density at radius 3 is 2.76 bits per heavy atom. The van der Waals surface area contributed by atoms with Crippen molar-refractivity contribution in [3.05, 3.63) is 62.9 Å². The van der Waals surface area contributed by atoms with Crippen molar-refractivity contribution < 1.29 is 14.1 Å². The van der Waals surface area contributed by atoms with Crippen LogP contribution in [-0.4, -0.2) is 12.0 Å². The first-order valence-corrected chi connectivity index (χ1v) is 6.39. The van der Waals surface area contributed by atoms with Crippen LogP contribution in [0, 0.1) is 15.9 Å². The summed E-state index contributed by atoms with van der Waals surface area (Å²) in [6.45, 7) is 0.157. The van der Waals surface area contributed by atoms with Crippen molar-refractivity contribution in [3.63, 3.8) is 0 Å². The summed E-state index contributed by atoms with van der Waals surface area (Å²) in [6.07, 6.45) is 0. The number of nitro groups is 1. The Labute approximate surface area is 125 Å². The summed E-state index contributed by atoms with van der Waals surface area (Å²) in [5.41, 5.74) is 0.673. The third-order valence-electron chi connectivity index (χ3n) is 2.88. The molecule has 0 aromatic heterocycles. The summed E-state index contributed by atoms with van der Waals surface area (Å²) in [7, 11) is 1.48. The summed E-state index contributed by atoms with van der Waals surface area (Å²) < 4.78 is 18.7. The number of anilines is 1. The highest BCUT2D eigenvalue weighted by molar-refractivity contribution is 6.31. The van der Waals surface area contributed by atoms with Crippen LogP contribution in [0.15, 0.2) is 36.4 Å². The third kappa shape index (κ3) is 3.61. The van der Waals surface area contributed by atoms with Gasteiger partial charge in [-0.25, -0.2) is 4.39 Å². The van der Waals surface area contributed by atoms with Gasteiger partial charge in [0.15, 0.2) is 0 Å². The topological polar surface area (TPSA) is 64.4 Å². The summed E-state index contributed by atoms with van der Waals surface area (Å²) >= 11 is 5.98. The minimum absolute atomic E-state index is 0.0673. The molecule has 110 valence electrons. The summed E-state index contributed by atoms with van der Waals surface area (Å²) in [6, 6.07) is 8.39. The van der Waals surface area contributed by atoms with Crippen LogP contribution in [-0.2, 0) is 6.54 Å². The number of non-ortho nitro benzene ring substituents is 1. The van der Waals surface area contributed by atoms with E-state index in [4.69, 9.17) is 16.3 Å². The molecule has 0 unspecified atom stereocenters. The predicted molar refractivity (Wildman–Crippen MR) is 78.4 cm³/mol. The van der Waals surface area contributed by atoms with Crippen molar-refractivity contribution in [2.75, 3.05) is 12.4 Å². The number of nitrogens with one attached hydrogen (secondary N) is 1. The molecule has 1 N–H and O–H groups in total. The van der Waals surface area contributed by atoms with Crippen LogP contribution in [0.1, 0.15) is 5.56 Å². The van der Waals surface area contributed by atoms with E-state index in [9.17, 15) is 14.5 Å². The average Bonchev–Trinajstić information content (AvgIpc) is 2.47. The van der Waals surface area contributed by atoms with Gasteiger partial charge < -0.3 is 10.1 Å². The SMILES string of the molecule is COc1ccc(F)c(NCc2cc([N+](=O)[O-])ccc2Cl)c1. The number of halogens is 2. The molecular formula is C14H12ClFN2O3. The van der Waals surface area contributed by atoms with Gasteiger partial charge in [0.2, 0.25) is 0 Å². The molecule has 21 heavy (non-hydrogen) atoms. The lowest BCUT2D eigenvalue weighted by Crippen LogP contribution is -2.03. The minimum atomic E-state index is -0.508. The number of ether oxygens (including phenoxy) is 1. The second-order valence-corrected chi connectivity index (χ2v) is 4.64. The Balaban J connectivity index is 2.20. The molecule has 0 spiro atoms. The number of hydrogen-bond acceptors (Lipinski definition) is 4. The van der Waals surface area contributed by atoms with Gasteiger partial charge in [-0.3, -0.25) is 10.1 Å². The normalized spacial score (nSPS) is 10.2. The number of methoxy groups -OCH3 is 1. The molecule has 7 heteroatoms. The smallest absolute Gasteiger partial charge is 0.269 e.